The van der Waals surface area contributed by atoms with Gasteiger partial charge in [0.05, 0.1) is 17.9 Å². The molecule has 0 bridgehead atoms. The van der Waals surface area contributed by atoms with Crippen molar-refractivity contribution in [1.82, 2.24) is 4.98 Å². The average Bonchev–Trinajstić information content (AvgIpc) is 3.09. The fourth-order valence-electron chi connectivity index (χ4n) is 3.63. The number of carbonyl (C=O) groups is 2. The van der Waals surface area contributed by atoms with Gasteiger partial charge in [-0.1, -0.05) is 38.1 Å². The Kier molecular flexibility index (Phi) is 6.03. The van der Waals surface area contributed by atoms with E-state index in [0.29, 0.717) is 35.2 Å². The molecule has 3 aromatic rings. The number of nitrogens with zero attached hydrogens (tertiary/aromatic N) is 2. The topological polar surface area (TPSA) is 79.7 Å². The molecular weight excluding hydrogens is 404 g/mol. The number of aromatic nitrogens is 1. The van der Waals surface area contributed by atoms with E-state index in [1.54, 1.807) is 72.9 Å². The highest BCUT2D eigenvalue weighted by Crippen LogP contribution is 2.41. The summed E-state index contributed by atoms with van der Waals surface area (Å²) in [4.78, 5) is 31.9. The number of hydrogen-bond donors (Lipinski definition) is 1. The number of aliphatic hydroxyl groups is 1. The molecule has 0 radical (unpaired) electrons. The maximum absolute atomic E-state index is 13.1. The van der Waals surface area contributed by atoms with Crippen LogP contribution in [0.15, 0.2) is 84.6 Å². The molecule has 162 valence electrons. The molecule has 2 aromatic carbocycles. The molecule has 4 rings (SSSR count). The Bertz CT molecular complexity index is 1140. The van der Waals surface area contributed by atoms with E-state index in [9.17, 15) is 14.7 Å². The first kappa shape index (κ1) is 21.3. The van der Waals surface area contributed by atoms with Crippen molar-refractivity contribution in [3.63, 3.8) is 0 Å². The second kappa shape index (κ2) is 9.06. The summed E-state index contributed by atoms with van der Waals surface area (Å²) >= 11 is 0. The number of amides is 1. The summed E-state index contributed by atoms with van der Waals surface area (Å²) in [5, 5.41) is 11.1. The number of ether oxygens (including phenoxy) is 1. The average molecular weight is 428 g/mol. The van der Waals surface area contributed by atoms with Gasteiger partial charge in [-0.3, -0.25) is 19.5 Å². The number of aliphatic hydroxyl groups excluding tert-OH is 1. The highest BCUT2D eigenvalue weighted by molar-refractivity contribution is 6.51. The van der Waals surface area contributed by atoms with Crippen LogP contribution in [0.5, 0.6) is 5.75 Å². The fourth-order valence-corrected chi connectivity index (χ4v) is 3.63. The molecule has 32 heavy (non-hydrogen) atoms. The van der Waals surface area contributed by atoms with E-state index < -0.39 is 17.7 Å². The monoisotopic (exact) mass is 428 g/mol. The zero-order valence-corrected chi connectivity index (χ0v) is 17.9. The van der Waals surface area contributed by atoms with Crippen LogP contribution in [0, 0.1) is 5.92 Å². The summed E-state index contributed by atoms with van der Waals surface area (Å²) in [7, 11) is 0. The van der Waals surface area contributed by atoms with Crippen molar-refractivity contribution in [1.29, 1.82) is 0 Å². The molecule has 1 aromatic heterocycles. The van der Waals surface area contributed by atoms with Crippen molar-refractivity contribution in [2.75, 3.05) is 11.5 Å². The summed E-state index contributed by atoms with van der Waals surface area (Å²) in [5.41, 5.74) is 1.48. The van der Waals surface area contributed by atoms with E-state index in [1.165, 1.54) is 4.90 Å². The van der Waals surface area contributed by atoms with Crippen LogP contribution in [0.2, 0.25) is 0 Å². The minimum absolute atomic E-state index is 0.00778. The lowest BCUT2D eigenvalue weighted by Gasteiger charge is -2.24. The molecule has 0 aliphatic carbocycles. The number of ketones is 1. The van der Waals surface area contributed by atoms with Crippen molar-refractivity contribution in [3.05, 3.63) is 95.8 Å². The van der Waals surface area contributed by atoms with Gasteiger partial charge in [-0.2, -0.15) is 0 Å². The lowest BCUT2D eigenvalue weighted by Crippen LogP contribution is -2.29. The molecule has 1 aliphatic rings. The molecule has 1 unspecified atom stereocenters. The van der Waals surface area contributed by atoms with Crippen molar-refractivity contribution in [2.45, 2.75) is 19.9 Å². The predicted octanol–water partition coefficient (Wildman–Crippen LogP) is 4.74. The van der Waals surface area contributed by atoms with Crippen molar-refractivity contribution < 1.29 is 19.4 Å². The molecule has 6 heteroatoms. The number of Topliss-reactive ketones (excluding diaryl/α,β-unsaturated/α-hetero) is 1. The maximum Gasteiger partial charge on any atom is 0.300 e. The number of benzene rings is 2. The smallest absolute Gasteiger partial charge is 0.300 e. The summed E-state index contributed by atoms with van der Waals surface area (Å²) < 4.78 is 5.69. The van der Waals surface area contributed by atoms with Crippen LogP contribution in [0.4, 0.5) is 5.69 Å². The largest absolute Gasteiger partial charge is 0.507 e. The molecule has 1 fully saturated rings. The maximum atomic E-state index is 13.1. The third-order valence-corrected chi connectivity index (χ3v) is 5.16. The second-order valence-electron chi connectivity index (χ2n) is 7.99. The second-order valence-corrected chi connectivity index (χ2v) is 7.99. The normalized spacial score (nSPS) is 17.7. The van der Waals surface area contributed by atoms with Crippen LogP contribution < -0.4 is 9.64 Å². The Labute approximate surface area is 186 Å². The van der Waals surface area contributed by atoms with Gasteiger partial charge in [-0.15, -0.1) is 0 Å². The molecule has 0 spiro atoms. The molecule has 2 heterocycles. The van der Waals surface area contributed by atoms with Crippen LogP contribution >= 0.6 is 0 Å². The van der Waals surface area contributed by atoms with Gasteiger partial charge in [0.2, 0.25) is 0 Å². The standard InChI is InChI=1S/C26H24N2O4/c1-17(2)16-32-20-13-11-18(12-14-20)24(29)22-23(21-10-6-7-15-27-21)28(26(31)25(22)30)19-8-4-3-5-9-19/h3-15,17,23,29H,16H2,1-2H3/b24-22-. The van der Waals surface area contributed by atoms with Gasteiger partial charge < -0.3 is 9.84 Å². The molecule has 1 amide bonds. The lowest BCUT2D eigenvalue weighted by molar-refractivity contribution is -0.132. The molecule has 1 atom stereocenters. The first-order chi connectivity index (χ1) is 15.5. The Balaban J connectivity index is 1.79. The van der Waals surface area contributed by atoms with E-state index in [0.717, 1.165) is 0 Å². The molecule has 0 saturated carbocycles. The third-order valence-electron chi connectivity index (χ3n) is 5.16. The van der Waals surface area contributed by atoms with Crippen molar-refractivity contribution in [2.24, 2.45) is 5.92 Å². The van der Waals surface area contributed by atoms with Crippen LogP contribution in [-0.2, 0) is 9.59 Å². The van der Waals surface area contributed by atoms with Gasteiger partial charge in [0, 0.05) is 17.4 Å². The van der Waals surface area contributed by atoms with Gasteiger partial charge >= 0.3 is 0 Å². The van der Waals surface area contributed by atoms with E-state index in [-0.39, 0.29) is 11.3 Å². The molecule has 1 N–H and O–H groups in total. The lowest BCUT2D eigenvalue weighted by atomic mass is 9.98. The Morgan fingerprint density at radius 3 is 2.31 bits per heavy atom. The molecule has 1 aliphatic heterocycles. The summed E-state index contributed by atoms with van der Waals surface area (Å²) in [5.74, 6) is -0.642. The van der Waals surface area contributed by atoms with Gasteiger partial charge in [0.1, 0.15) is 17.6 Å². The van der Waals surface area contributed by atoms with Crippen LogP contribution in [-0.4, -0.2) is 28.4 Å². The molecule has 6 nitrogen and oxygen atoms in total. The van der Waals surface area contributed by atoms with Crippen LogP contribution in [0.25, 0.3) is 5.76 Å². The minimum atomic E-state index is -0.838. The fraction of sp³-hybridized carbons (Fsp3) is 0.192. The number of pyridine rings is 1. The van der Waals surface area contributed by atoms with Gasteiger partial charge in [0.25, 0.3) is 11.7 Å². The van der Waals surface area contributed by atoms with Crippen molar-refractivity contribution >= 4 is 23.1 Å². The summed E-state index contributed by atoms with van der Waals surface area (Å²) in [6, 6.07) is 20.2. The number of carbonyl (C=O) groups excluding carboxylic acids is 2. The van der Waals surface area contributed by atoms with Crippen LogP contribution in [0.1, 0.15) is 31.1 Å². The van der Waals surface area contributed by atoms with Gasteiger partial charge in [0.15, 0.2) is 0 Å². The number of rotatable bonds is 6. The SMILES string of the molecule is CC(C)COc1ccc(/C(O)=C2/C(=O)C(=O)N(c3ccccc3)C2c2ccccn2)cc1. The summed E-state index contributed by atoms with van der Waals surface area (Å²) in [6.45, 7) is 4.69. The number of anilines is 1. The quantitative estimate of drug-likeness (QED) is 0.348. The van der Waals surface area contributed by atoms with Gasteiger partial charge in [-0.25, -0.2) is 0 Å². The van der Waals surface area contributed by atoms with E-state index in [4.69, 9.17) is 4.74 Å². The van der Waals surface area contributed by atoms with E-state index in [2.05, 4.69) is 18.8 Å². The highest BCUT2D eigenvalue weighted by Gasteiger charge is 2.47. The summed E-state index contributed by atoms with van der Waals surface area (Å²) in [6.07, 6.45) is 1.60. The third kappa shape index (κ3) is 4.12. The Morgan fingerprint density at radius 1 is 1.00 bits per heavy atom. The molecule has 1 saturated heterocycles. The Morgan fingerprint density at radius 2 is 1.69 bits per heavy atom. The zero-order valence-electron chi connectivity index (χ0n) is 17.9. The number of para-hydroxylation sites is 1. The highest BCUT2D eigenvalue weighted by atomic mass is 16.5. The first-order valence-electron chi connectivity index (χ1n) is 10.5. The Hall–Kier alpha value is -3.93. The zero-order chi connectivity index (χ0) is 22.7. The predicted molar refractivity (Wildman–Crippen MR) is 122 cm³/mol. The van der Waals surface area contributed by atoms with Crippen molar-refractivity contribution in [3.8, 4) is 5.75 Å². The van der Waals surface area contributed by atoms with E-state index in [1.807, 2.05) is 6.07 Å². The van der Waals surface area contributed by atoms with E-state index >= 15 is 0 Å². The molecular formula is C26H24N2O4. The van der Waals surface area contributed by atoms with Gasteiger partial charge in [-0.05, 0) is 54.4 Å². The van der Waals surface area contributed by atoms with Crippen LogP contribution in [0.3, 0.4) is 0 Å². The minimum Gasteiger partial charge on any atom is -0.507 e. The first-order valence-corrected chi connectivity index (χ1v) is 10.5. The number of hydrogen-bond acceptors (Lipinski definition) is 5.